The monoisotopic (exact) mass is 232 g/mol. The molecule has 0 amide bonds. The average molecular weight is 233 g/mol. The van der Waals surface area contributed by atoms with Gasteiger partial charge in [0.05, 0.1) is 0 Å². The third-order valence-electron chi connectivity index (χ3n) is 0.774. The quantitative estimate of drug-likeness (QED) is 0.661. The largest absolute Gasteiger partial charge is 0.388 e. The Morgan fingerprint density at radius 1 is 1.17 bits per heavy atom. The number of methoxy groups -OCH3 is 1. The van der Waals surface area contributed by atoms with Crippen LogP contribution in [0.25, 0.3) is 0 Å². The molecule has 0 saturated heterocycles. The summed E-state index contributed by atoms with van der Waals surface area (Å²) in [4.78, 5) is 0. The summed E-state index contributed by atoms with van der Waals surface area (Å²) in [5.74, 6) is 0. The Hall–Kier alpha value is -0.340. The zero-order valence-electron chi connectivity index (χ0n) is 8.17. The Kier molecular flexibility index (Phi) is 15.7. The van der Waals surface area contributed by atoms with Crippen LogP contribution in [0.1, 0.15) is 13.8 Å². The van der Waals surface area contributed by atoms with Crippen molar-refractivity contribution in [1.82, 2.24) is 0 Å². The lowest BCUT2D eigenvalue weighted by molar-refractivity contribution is 0.277. The van der Waals surface area contributed by atoms with Gasteiger partial charge >= 0.3 is 0 Å². The third-order valence-corrected chi connectivity index (χ3v) is 1.30. The molecule has 0 aromatic rings. The van der Waals surface area contributed by atoms with Crippen LogP contribution in [-0.4, -0.2) is 14.2 Å². The van der Waals surface area contributed by atoms with Crippen LogP contribution in [-0.2, 0) is 4.74 Å². The van der Waals surface area contributed by atoms with Crippen molar-refractivity contribution in [3.05, 3.63) is 34.9 Å². The lowest BCUT2D eigenvalue weighted by Crippen LogP contribution is -1.57. The summed E-state index contributed by atoms with van der Waals surface area (Å²) in [5, 5.41) is 0. The van der Waals surface area contributed by atoms with Crippen molar-refractivity contribution < 1.29 is 4.74 Å². The predicted octanol–water partition coefficient (Wildman–Crippen LogP) is 3.68. The van der Waals surface area contributed by atoms with Crippen LogP contribution in [0.2, 0.25) is 0 Å². The molecule has 0 aliphatic rings. The average Bonchev–Trinajstić information content (AvgIpc) is 2.03. The van der Waals surface area contributed by atoms with Crippen molar-refractivity contribution in [2.24, 2.45) is 0 Å². The molecular weight excluding hydrogens is 216 g/mol. The highest BCUT2D eigenvalue weighted by Crippen LogP contribution is 2.05. The fourth-order valence-corrected chi connectivity index (χ4v) is 0.820. The molecule has 0 heterocycles. The lowest BCUT2D eigenvalue weighted by Gasteiger charge is -1.81. The van der Waals surface area contributed by atoms with Crippen molar-refractivity contribution in [3.8, 4) is 0 Å². The van der Waals surface area contributed by atoms with Gasteiger partial charge in [-0.25, -0.2) is 0 Å². The van der Waals surface area contributed by atoms with Gasteiger partial charge in [0.25, 0.3) is 0 Å². The fourth-order valence-electron chi connectivity index (χ4n) is 0.403. The predicted molar refractivity (Wildman–Crippen MR) is 59.6 cm³/mol. The van der Waals surface area contributed by atoms with Gasteiger partial charge in [-0.15, -0.1) is 0 Å². The van der Waals surface area contributed by atoms with Gasteiger partial charge in [-0.3, -0.25) is 0 Å². The van der Waals surface area contributed by atoms with Gasteiger partial charge < -0.3 is 4.74 Å². The number of hydrogen-bond donors (Lipinski definition) is 0. The smallest absolute Gasteiger partial charge is 0.0351 e. The van der Waals surface area contributed by atoms with E-state index < -0.39 is 0 Å². The minimum absolute atomic E-state index is 1.10. The van der Waals surface area contributed by atoms with E-state index in [9.17, 15) is 0 Å². The molecule has 0 unspecified atom stereocenters. The first-order valence-corrected chi connectivity index (χ1v) is 4.53. The highest BCUT2D eigenvalue weighted by Gasteiger charge is 1.75. The van der Waals surface area contributed by atoms with Crippen LogP contribution in [0, 0.1) is 0 Å². The first kappa shape index (κ1) is 14.2. The summed E-state index contributed by atoms with van der Waals surface area (Å²) >= 11 is 3.36. The second-order valence-electron chi connectivity index (χ2n) is 1.99. The molecule has 0 N–H and O–H groups in total. The fraction of sp³-hybridized carbons (Fsp3) is 0.400. The van der Waals surface area contributed by atoms with Gasteiger partial charge in [0.15, 0.2) is 0 Å². The van der Waals surface area contributed by atoms with E-state index >= 15 is 0 Å². The highest BCUT2D eigenvalue weighted by atomic mass is 79.9. The van der Waals surface area contributed by atoms with E-state index in [1.54, 1.807) is 14.2 Å². The lowest BCUT2D eigenvalue weighted by atomic mass is 10.4. The number of allylic oxidation sites excluding steroid dienone is 6. The maximum absolute atomic E-state index is 4.25. The van der Waals surface area contributed by atoms with Crippen molar-refractivity contribution >= 4 is 15.9 Å². The third kappa shape index (κ3) is 16.3. The molecule has 0 aromatic heterocycles. The molecule has 0 saturated carbocycles. The number of ether oxygens (including phenoxy) is 1. The van der Waals surface area contributed by atoms with Crippen LogP contribution < -0.4 is 0 Å². The number of hydrogen-bond acceptors (Lipinski definition) is 1. The molecule has 0 rings (SSSR count). The van der Waals surface area contributed by atoms with Gasteiger partial charge in [0.1, 0.15) is 0 Å². The van der Waals surface area contributed by atoms with Crippen LogP contribution in [0.4, 0.5) is 0 Å². The summed E-state index contributed by atoms with van der Waals surface area (Å²) < 4.78 is 5.35. The van der Waals surface area contributed by atoms with Crippen molar-refractivity contribution in [1.29, 1.82) is 0 Å². The molecule has 0 spiro atoms. The molecule has 70 valence electrons. The Balaban J connectivity index is 0. The number of halogens is 1. The summed E-state index contributed by atoms with van der Waals surface area (Å²) in [5.41, 5.74) is 0. The van der Waals surface area contributed by atoms with Gasteiger partial charge in [-0.2, -0.15) is 0 Å². The van der Waals surface area contributed by atoms with Crippen LogP contribution in [0.5, 0.6) is 0 Å². The first-order valence-electron chi connectivity index (χ1n) is 3.74. The van der Waals surface area contributed by atoms with Gasteiger partial charge in [-0.1, -0.05) is 40.2 Å². The van der Waals surface area contributed by atoms with Crippen LogP contribution in [0.3, 0.4) is 0 Å². The van der Waals surface area contributed by atoms with Crippen LogP contribution >= 0.6 is 15.9 Å². The Bertz CT molecular complexity index is 157. The van der Waals surface area contributed by atoms with E-state index in [0.29, 0.717) is 0 Å². The molecule has 0 fully saturated rings. The van der Waals surface area contributed by atoms with Gasteiger partial charge in [0.2, 0.25) is 0 Å². The normalized spacial score (nSPS) is 11.9. The molecule has 0 atom stereocenters. The minimum atomic E-state index is 1.10. The maximum atomic E-state index is 4.25. The van der Waals surface area contributed by atoms with Gasteiger partial charge in [0, 0.05) is 18.7 Å². The molecule has 12 heavy (non-hydrogen) atoms. The minimum Gasteiger partial charge on any atom is -0.388 e. The van der Waals surface area contributed by atoms with E-state index in [4.69, 9.17) is 0 Å². The Morgan fingerprint density at radius 2 is 1.67 bits per heavy atom. The van der Waals surface area contributed by atoms with Crippen molar-refractivity contribution in [2.45, 2.75) is 13.8 Å². The maximum Gasteiger partial charge on any atom is 0.0351 e. The molecule has 0 aromatic carbocycles. The number of rotatable bonds is 2. The van der Waals surface area contributed by atoms with E-state index in [1.165, 1.54) is 0 Å². The van der Waals surface area contributed by atoms with Crippen molar-refractivity contribution in [3.63, 3.8) is 0 Å². The molecule has 0 aliphatic carbocycles. The molecule has 2 heteroatoms. The van der Waals surface area contributed by atoms with Gasteiger partial charge in [-0.05, 0) is 19.9 Å². The van der Waals surface area contributed by atoms with Crippen molar-refractivity contribution in [2.75, 3.05) is 14.2 Å². The summed E-state index contributed by atoms with van der Waals surface area (Å²) in [6.07, 6.45) is 9.97. The molecule has 0 bridgehead atoms. The topological polar surface area (TPSA) is 9.23 Å². The zero-order chi connectivity index (χ0) is 9.82. The standard InChI is InChI=1S/C8H11Br.C2H6O/c1-3-5-7-8(9)6-4-2;1-3-2/h3-7H,1-2H3;1-2H3/b5-3-,6-4-,8-7+;. The first-order chi connectivity index (χ1) is 5.72. The SMILES string of the molecule is COC.C\C=C/C=C(Br)\C=C/C. The molecular formula is C10H17BrO. The molecule has 0 radical (unpaired) electrons. The Labute approximate surface area is 83.9 Å². The zero-order valence-corrected chi connectivity index (χ0v) is 9.76. The summed E-state index contributed by atoms with van der Waals surface area (Å²) in [6, 6.07) is 0. The van der Waals surface area contributed by atoms with E-state index in [1.807, 2.05) is 44.2 Å². The highest BCUT2D eigenvalue weighted by molar-refractivity contribution is 9.11. The summed E-state index contributed by atoms with van der Waals surface area (Å²) in [7, 11) is 3.25. The second-order valence-corrected chi connectivity index (χ2v) is 2.90. The molecule has 0 aliphatic heterocycles. The van der Waals surface area contributed by atoms with E-state index in [-0.39, 0.29) is 0 Å². The summed E-state index contributed by atoms with van der Waals surface area (Å²) in [6.45, 7) is 3.98. The molecule has 1 nitrogen and oxygen atoms in total. The Morgan fingerprint density at radius 3 is 2.00 bits per heavy atom. The van der Waals surface area contributed by atoms with E-state index in [0.717, 1.165) is 4.48 Å². The second kappa shape index (κ2) is 13.3. The van der Waals surface area contributed by atoms with E-state index in [2.05, 4.69) is 20.7 Å². The van der Waals surface area contributed by atoms with Crippen LogP contribution in [0.15, 0.2) is 34.9 Å².